The van der Waals surface area contributed by atoms with Crippen LogP contribution in [0.1, 0.15) is 19.8 Å². The van der Waals surface area contributed by atoms with E-state index in [2.05, 4.69) is 27.3 Å². The van der Waals surface area contributed by atoms with Crippen LogP contribution in [0.2, 0.25) is 0 Å². The molecule has 11 heavy (non-hydrogen) atoms. The number of sulfonamides is 1. The minimum atomic E-state index is -2.96. The largest absolute Gasteiger partial charge is 0.215 e. The third-order valence-electron chi connectivity index (χ3n) is 1.11. The van der Waals surface area contributed by atoms with Gasteiger partial charge in [0.2, 0.25) is 10.0 Å². The van der Waals surface area contributed by atoms with Crippen molar-refractivity contribution in [3.63, 3.8) is 0 Å². The molecule has 0 aliphatic rings. The Morgan fingerprint density at radius 3 is 2.55 bits per heavy atom. The molecule has 3 nitrogen and oxygen atoms in total. The summed E-state index contributed by atoms with van der Waals surface area (Å²) in [5, 5.41) is 0. The first-order valence-electron chi connectivity index (χ1n) is 3.65. The van der Waals surface area contributed by atoms with E-state index in [1.807, 2.05) is 6.92 Å². The Morgan fingerprint density at radius 2 is 2.09 bits per heavy atom. The van der Waals surface area contributed by atoms with E-state index < -0.39 is 10.0 Å². The molecule has 0 saturated carbocycles. The molecule has 0 atom stereocenters. The lowest BCUT2D eigenvalue weighted by atomic mass is 10.5. The van der Waals surface area contributed by atoms with Crippen molar-refractivity contribution in [1.29, 1.82) is 0 Å². The quantitative estimate of drug-likeness (QED) is 0.453. The van der Waals surface area contributed by atoms with Gasteiger partial charge in [-0.15, -0.1) is 0 Å². The number of hydrogen-bond donors (Lipinski definition) is 1. The van der Waals surface area contributed by atoms with Crippen molar-refractivity contribution in [1.82, 2.24) is 4.72 Å². The average molecular weight is 291 g/mol. The maximum Gasteiger partial charge on any atom is 0.211 e. The van der Waals surface area contributed by atoms with E-state index in [0.29, 0.717) is 13.0 Å². The molecule has 0 amide bonds. The number of hydrogen-bond acceptors (Lipinski definition) is 2. The predicted octanol–water partition coefficient (Wildman–Crippen LogP) is 1.14. The maximum absolute atomic E-state index is 11.0. The van der Waals surface area contributed by atoms with Crippen molar-refractivity contribution in [3.8, 4) is 0 Å². The zero-order valence-corrected chi connectivity index (χ0v) is 9.61. The van der Waals surface area contributed by atoms with Gasteiger partial charge in [-0.1, -0.05) is 29.5 Å². The molecular formula is C6H14INO2S. The Hall–Kier alpha value is 0.640. The van der Waals surface area contributed by atoms with Gasteiger partial charge >= 0.3 is 0 Å². The second kappa shape index (κ2) is 6.19. The summed E-state index contributed by atoms with van der Waals surface area (Å²) in [5.41, 5.74) is 0. The monoisotopic (exact) mass is 291 g/mol. The summed E-state index contributed by atoms with van der Waals surface area (Å²) in [6.45, 7) is 2.43. The lowest BCUT2D eigenvalue weighted by Crippen LogP contribution is -2.27. The highest BCUT2D eigenvalue weighted by atomic mass is 127. The van der Waals surface area contributed by atoms with E-state index in [1.54, 1.807) is 0 Å². The third kappa shape index (κ3) is 7.02. The predicted molar refractivity (Wildman–Crippen MR) is 55.6 cm³/mol. The second-order valence-electron chi connectivity index (χ2n) is 2.26. The molecular weight excluding hydrogens is 277 g/mol. The summed E-state index contributed by atoms with van der Waals surface area (Å²) in [7, 11) is -2.96. The van der Waals surface area contributed by atoms with Gasteiger partial charge in [-0.3, -0.25) is 0 Å². The number of alkyl halides is 1. The molecule has 68 valence electrons. The Kier molecular flexibility index (Phi) is 6.55. The van der Waals surface area contributed by atoms with Crippen molar-refractivity contribution in [2.24, 2.45) is 0 Å². The molecule has 0 heterocycles. The maximum atomic E-state index is 11.0. The zero-order valence-electron chi connectivity index (χ0n) is 6.64. The van der Waals surface area contributed by atoms with E-state index in [9.17, 15) is 8.42 Å². The van der Waals surface area contributed by atoms with Crippen LogP contribution in [-0.4, -0.2) is 25.1 Å². The first-order chi connectivity index (χ1) is 5.12. The topological polar surface area (TPSA) is 46.2 Å². The SMILES string of the molecule is CCCS(=O)(=O)NCCCI. The van der Waals surface area contributed by atoms with Gasteiger partial charge in [0, 0.05) is 11.0 Å². The van der Waals surface area contributed by atoms with Gasteiger partial charge < -0.3 is 0 Å². The number of rotatable bonds is 6. The Morgan fingerprint density at radius 1 is 1.45 bits per heavy atom. The van der Waals surface area contributed by atoms with Crippen LogP contribution in [0.5, 0.6) is 0 Å². The van der Waals surface area contributed by atoms with Crippen LogP contribution in [-0.2, 0) is 10.0 Å². The van der Waals surface area contributed by atoms with Crippen LogP contribution in [0.3, 0.4) is 0 Å². The highest BCUT2D eigenvalue weighted by Gasteiger charge is 2.05. The number of nitrogens with one attached hydrogen (secondary N) is 1. The van der Waals surface area contributed by atoms with Crippen molar-refractivity contribution >= 4 is 32.6 Å². The first-order valence-corrected chi connectivity index (χ1v) is 6.83. The summed E-state index contributed by atoms with van der Waals surface area (Å²) in [6, 6.07) is 0. The molecule has 0 unspecified atom stereocenters. The third-order valence-corrected chi connectivity index (χ3v) is 3.46. The van der Waals surface area contributed by atoms with Crippen molar-refractivity contribution in [2.75, 3.05) is 16.7 Å². The summed E-state index contributed by atoms with van der Waals surface area (Å²) >= 11 is 2.23. The minimum Gasteiger partial charge on any atom is -0.215 e. The van der Waals surface area contributed by atoms with E-state index in [0.717, 1.165) is 10.8 Å². The fourth-order valence-corrected chi connectivity index (χ4v) is 2.15. The molecule has 0 spiro atoms. The molecule has 0 bridgehead atoms. The van der Waals surface area contributed by atoms with Gasteiger partial charge in [-0.05, 0) is 12.8 Å². The molecule has 5 heteroatoms. The normalized spacial score (nSPS) is 11.8. The fourth-order valence-electron chi connectivity index (χ4n) is 0.635. The molecule has 0 aliphatic carbocycles. The van der Waals surface area contributed by atoms with Crippen LogP contribution in [0.15, 0.2) is 0 Å². The van der Waals surface area contributed by atoms with Gasteiger partial charge in [0.1, 0.15) is 0 Å². The molecule has 0 aromatic heterocycles. The first kappa shape index (κ1) is 11.6. The summed E-state index contributed by atoms with van der Waals surface area (Å²) in [5.74, 6) is 0.244. The highest BCUT2D eigenvalue weighted by molar-refractivity contribution is 14.1. The van der Waals surface area contributed by atoms with Crippen LogP contribution < -0.4 is 4.72 Å². The van der Waals surface area contributed by atoms with E-state index in [-0.39, 0.29) is 5.75 Å². The molecule has 0 rings (SSSR count). The Labute approximate surface area is 82.1 Å². The van der Waals surface area contributed by atoms with Crippen molar-refractivity contribution in [3.05, 3.63) is 0 Å². The molecule has 0 fully saturated rings. The van der Waals surface area contributed by atoms with E-state index in [4.69, 9.17) is 0 Å². The van der Waals surface area contributed by atoms with Gasteiger partial charge in [-0.25, -0.2) is 13.1 Å². The molecule has 0 aliphatic heterocycles. The fraction of sp³-hybridized carbons (Fsp3) is 1.00. The van der Waals surface area contributed by atoms with E-state index >= 15 is 0 Å². The van der Waals surface area contributed by atoms with Crippen LogP contribution in [0.4, 0.5) is 0 Å². The van der Waals surface area contributed by atoms with Crippen LogP contribution in [0, 0.1) is 0 Å². The lowest BCUT2D eigenvalue weighted by Gasteiger charge is -2.02. The van der Waals surface area contributed by atoms with Gasteiger partial charge in [0.05, 0.1) is 5.75 Å². The smallest absolute Gasteiger partial charge is 0.211 e. The highest BCUT2D eigenvalue weighted by Crippen LogP contribution is 1.90. The molecule has 0 aromatic carbocycles. The summed E-state index contributed by atoms with van der Waals surface area (Å²) in [6.07, 6.45) is 1.59. The average Bonchev–Trinajstić information content (AvgIpc) is 1.87. The standard InChI is InChI=1S/C6H14INO2S/c1-2-6-11(9,10)8-5-3-4-7/h8H,2-6H2,1H3. The number of halogens is 1. The Balaban J connectivity index is 3.56. The van der Waals surface area contributed by atoms with Gasteiger partial charge in [0.25, 0.3) is 0 Å². The molecule has 0 saturated heterocycles. The summed E-state index contributed by atoms with van der Waals surface area (Å²) < 4.78 is 25.5. The summed E-state index contributed by atoms with van der Waals surface area (Å²) in [4.78, 5) is 0. The van der Waals surface area contributed by atoms with Crippen molar-refractivity contribution < 1.29 is 8.42 Å². The molecule has 0 aromatic rings. The van der Waals surface area contributed by atoms with Crippen molar-refractivity contribution in [2.45, 2.75) is 19.8 Å². The van der Waals surface area contributed by atoms with Crippen LogP contribution in [0.25, 0.3) is 0 Å². The second-order valence-corrected chi connectivity index (χ2v) is 5.26. The molecule has 0 radical (unpaired) electrons. The van der Waals surface area contributed by atoms with Gasteiger partial charge in [0.15, 0.2) is 0 Å². The Bertz CT molecular complexity index is 179. The van der Waals surface area contributed by atoms with Gasteiger partial charge in [-0.2, -0.15) is 0 Å². The van der Waals surface area contributed by atoms with Crippen LogP contribution >= 0.6 is 22.6 Å². The van der Waals surface area contributed by atoms with E-state index in [1.165, 1.54) is 0 Å². The zero-order chi connectivity index (χ0) is 8.74. The lowest BCUT2D eigenvalue weighted by molar-refractivity contribution is 0.580. The minimum absolute atomic E-state index is 0.244. The molecule has 1 N–H and O–H groups in total.